The molecule has 0 saturated heterocycles. The lowest BCUT2D eigenvalue weighted by Gasteiger charge is -2.10. The number of nitrogens with zero attached hydrogens (tertiary/aromatic N) is 1. The zero-order valence-corrected chi connectivity index (χ0v) is 13.7. The van der Waals surface area contributed by atoms with Gasteiger partial charge < -0.3 is 4.42 Å². The van der Waals surface area contributed by atoms with Gasteiger partial charge in [-0.15, -0.1) is 11.8 Å². The maximum Gasteiger partial charge on any atom is 0.422 e. The van der Waals surface area contributed by atoms with Crippen molar-refractivity contribution in [1.29, 1.82) is 0 Å². The van der Waals surface area contributed by atoms with Crippen LogP contribution in [0.2, 0.25) is 0 Å². The van der Waals surface area contributed by atoms with Crippen LogP contribution >= 0.6 is 11.8 Å². The van der Waals surface area contributed by atoms with Crippen LogP contribution in [0.1, 0.15) is 22.1 Å². The van der Waals surface area contributed by atoms with Crippen LogP contribution in [0.25, 0.3) is 0 Å². The molecule has 0 spiro atoms. The molecule has 5 heteroatoms. The molecule has 3 aromatic rings. The van der Waals surface area contributed by atoms with E-state index in [0.717, 1.165) is 16.8 Å². The van der Waals surface area contributed by atoms with Gasteiger partial charge in [0.1, 0.15) is 4.90 Å². The van der Waals surface area contributed by atoms with Crippen LogP contribution in [-0.4, -0.2) is 4.57 Å². The summed E-state index contributed by atoms with van der Waals surface area (Å²) in [5.41, 5.74) is 2.40. The number of fused-ring (bicyclic) bond motifs is 1. The molecule has 0 aliphatic carbocycles. The molecule has 0 radical (unpaired) electrons. The minimum absolute atomic E-state index is 0.132. The molecule has 0 saturated carbocycles. The summed E-state index contributed by atoms with van der Waals surface area (Å²) < 4.78 is 6.52. The second kappa shape index (κ2) is 6.17. The molecule has 0 bridgehead atoms. The van der Waals surface area contributed by atoms with E-state index in [-0.39, 0.29) is 5.25 Å². The summed E-state index contributed by atoms with van der Waals surface area (Å²) in [7, 11) is 0. The molecule has 2 aromatic carbocycles. The minimum atomic E-state index is -0.586. The Hall–Kier alpha value is -2.53. The van der Waals surface area contributed by atoms with E-state index in [1.165, 1.54) is 11.8 Å². The van der Waals surface area contributed by atoms with Gasteiger partial charge in [0.25, 0.3) is 0 Å². The highest BCUT2D eigenvalue weighted by Gasteiger charge is 2.30. The Morgan fingerprint density at radius 3 is 2.38 bits per heavy atom. The van der Waals surface area contributed by atoms with Gasteiger partial charge in [0.15, 0.2) is 0 Å². The second-order valence-corrected chi connectivity index (χ2v) is 6.94. The summed E-state index contributed by atoms with van der Waals surface area (Å²) in [6, 6.07) is 19.7. The lowest BCUT2D eigenvalue weighted by atomic mass is 10.1. The Bertz CT molecular complexity index is 977. The fourth-order valence-corrected chi connectivity index (χ4v) is 4.28. The number of benzene rings is 2. The van der Waals surface area contributed by atoms with Crippen molar-refractivity contribution in [3.8, 4) is 0 Å². The summed E-state index contributed by atoms with van der Waals surface area (Å²) >= 11 is 1.48. The normalized spacial score (nSPS) is 16.1. The quantitative estimate of drug-likeness (QED) is 0.736. The molecule has 1 aromatic heterocycles. The molecule has 1 unspecified atom stereocenters. The van der Waals surface area contributed by atoms with E-state index in [4.69, 9.17) is 4.42 Å². The lowest BCUT2D eigenvalue weighted by Crippen LogP contribution is -2.28. The number of hydrogen-bond acceptors (Lipinski definition) is 4. The third kappa shape index (κ3) is 2.71. The average Bonchev–Trinajstić information content (AvgIpc) is 3.06. The maximum atomic E-state index is 12.2. The molecule has 1 aliphatic rings. The van der Waals surface area contributed by atoms with Gasteiger partial charge in [0.05, 0.1) is 6.54 Å². The largest absolute Gasteiger partial charge is 0.422 e. The predicted molar refractivity (Wildman–Crippen MR) is 93.5 cm³/mol. The Labute approximate surface area is 142 Å². The van der Waals surface area contributed by atoms with Crippen molar-refractivity contribution in [2.75, 3.05) is 0 Å². The first kappa shape index (κ1) is 15.0. The maximum absolute atomic E-state index is 12.2. The number of hydrogen-bond donors (Lipinski definition) is 0. The molecule has 0 amide bonds. The molecule has 4 rings (SSSR count). The van der Waals surface area contributed by atoms with Crippen molar-refractivity contribution in [2.45, 2.75) is 23.1 Å². The monoisotopic (exact) mass is 337 g/mol. The van der Waals surface area contributed by atoms with E-state index in [2.05, 4.69) is 0 Å². The minimum Gasteiger partial charge on any atom is -0.372 e. The predicted octanol–water partition coefficient (Wildman–Crippen LogP) is 3.24. The molecular weight excluding hydrogens is 322 g/mol. The standard InChI is InChI=1S/C19H15NO3S/c21-18-17-15(11-16(24-17)14-9-5-2-6-10-14)20(19(22)23-18)12-13-7-3-1-4-8-13/h1-10,16H,11-12H2. The zero-order valence-electron chi connectivity index (χ0n) is 12.8. The first-order valence-corrected chi connectivity index (χ1v) is 8.62. The smallest absolute Gasteiger partial charge is 0.372 e. The van der Waals surface area contributed by atoms with Gasteiger partial charge in [-0.1, -0.05) is 60.7 Å². The number of aromatic nitrogens is 1. The van der Waals surface area contributed by atoms with Gasteiger partial charge >= 0.3 is 11.4 Å². The average molecular weight is 337 g/mol. The van der Waals surface area contributed by atoms with Gasteiger partial charge in [-0.05, 0) is 11.1 Å². The number of thioether (sulfide) groups is 1. The zero-order chi connectivity index (χ0) is 16.5. The Morgan fingerprint density at radius 2 is 1.67 bits per heavy atom. The van der Waals surface area contributed by atoms with Gasteiger partial charge in [0, 0.05) is 17.4 Å². The van der Waals surface area contributed by atoms with Gasteiger partial charge in [-0.25, -0.2) is 9.59 Å². The van der Waals surface area contributed by atoms with Crippen molar-refractivity contribution in [2.24, 2.45) is 0 Å². The van der Waals surface area contributed by atoms with Gasteiger partial charge in [-0.3, -0.25) is 4.57 Å². The summed E-state index contributed by atoms with van der Waals surface area (Å²) in [5, 5.41) is 0.132. The second-order valence-electron chi connectivity index (χ2n) is 5.72. The highest BCUT2D eigenvalue weighted by molar-refractivity contribution is 7.99. The third-order valence-electron chi connectivity index (χ3n) is 4.17. The summed E-state index contributed by atoms with van der Waals surface area (Å²) in [4.78, 5) is 24.9. The molecule has 0 fully saturated rings. The first-order chi connectivity index (χ1) is 11.7. The fraction of sp³-hybridized carbons (Fsp3) is 0.158. The van der Waals surface area contributed by atoms with Crippen molar-refractivity contribution >= 4 is 11.8 Å². The molecule has 4 nitrogen and oxygen atoms in total. The van der Waals surface area contributed by atoms with Crippen molar-refractivity contribution in [3.63, 3.8) is 0 Å². The third-order valence-corrected chi connectivity index (χ3v) is 5.53. The van der Waals surface area contributed by atoms with E-state index < -0.39 is 11.4 Å². The van der Waals surface area contributed by atoms with Crippen LogP contribution in [0.5, 0.6) is 0 Å². The molecule has 0 N–H and O–H groups in total. The van der Waals surface area contributed by atoms with Crippen LogP contribution in [0.4, 0.5) is 0 Å². The summed E-state index contributed by atoms with van der Waals surface area (Å²) in [5.74, 6) is -0.586. The van der Waals surface area contributed by atoms with Crippen LogP contribution in [0, 0.1) is 0 Å². The van der Waals surface area contributed by atoms with Crippen molar-refractivity contribution < 1.29 is 4.42 Å². The van der Waals surface area contributed by atoms with Gasteiger partial charge in [-0.2, -0.15) is 0 Å². The van der Waals surface area contributed by atoms with E-state index in [9.17, 15) is 9.59 Å². The fourth-order valence-electron chi connectivity index (χ4n) is 2.99. The lowest BCUT2D eigenvalue weighted by molar-refractivity contribution is 0.386. The molecule has 1 aliphatic heterocycles. The van der Waals surface area contributed by atoms with E-state index in [1.807, 2.05) is 60.7 Å². The Balaban J connectivity index is 1.76. The van der Waals surface area contributed by atoms with Crippen LogP contribution in [0.15, 0.2) is 79.6 Å². The topological polar surface area (TPSA) is 52.2 Å². The van der Waals surface area contributed by atoms with Crippen LogP contribution < -0.4 is 11.4 Å². The first-order valence-electron chi connectivity index (χ1n) is 7.75. The molecule has 24 heavy (non-hydrogen) atoms. The molecule has 1 atom stereocenters. The van der Waals surface area contributed by atoms with Crippen molar-refractivity contribution in [1.82, 2.24) is 4.57 Å². The van der Waals surface area contributed by atoms with E-state index in [0.29, 0.717) is 17.9 Å². The van der Waals surface area contributed by atoms with E-state index in [1.54, 1.807) is 4.57 Å². The van der Waals surface area contributed by atoms with Crippen molar-refractivity contribution in [3.05, 3.63) is 98.5 Å². The Kier molecular flexibility index (Phi) is 3.86. The molecule has 120 valence electrons. The van der Waals surface area contributed by atoms with Gasteiger partial charge in [0.2, 0.25) is 0 Å². The summed E-state index contributed by atoms with van der Waals surface area (Å²) in [6.45, 7) is 0.411. The highest BCUT2D eigenvalue weighted by atomic mass is 32.2. The van der Waals surface area contributed by atoms with Crippen LogP contribution in [0.3, 0.4) is 0 Å². The molecule has 2 heterocycles. The van der Waals surface area contributed by atoms with Crippen LogP contribution in [-0.2, 0) is 13.0 Å². The summed E-state index contributed by atoms with van der Waals surface area (Å²) in [6.07, 6.45) is 0.650. The highest BCUT2D eigenvalue weighted by Crippen LogP contribution is 2.44. The molecular formula is C19H15NO3S. The Morgan fingerprint density at radius 1 is 1.00 bits per heavy atom. The van der Waals surface area contributed by atoms with E-state index >= 15 is 0 Å². The number of rotatable bonds is 3. The SMILES string of the molecule is O=c1oc(=O)n(Cc2ccccc2)c2c1SC(c1ccccc1)C2.